The van der Waals surface area contributed by atoms with Gasteiger partial charge >= 0.3 is 6.18 Å². The third-order valence-corrected chi connectivity index (χ3v) is 8.08. The molecule has 1 aliphatic rings. The first-order valence-corrected chi connectivity index (χ1v) is 14.1. The minimum absolute atomic E-state index is 0.0328. The minimum Gasteiger partial charge on any atom is -0.268 e. The summed E-state index contributed by atoms with van der Waals surface area (Å²) in [7, 11) is -7.83. The van der Waals surface area contributed by atoms with E-state index in [9.17, 15) is 34.8 Å². The van der Waals surface area contributed by atoms with Crippen molar-refractivity contribution in [1.29, 1.82) is 0 Å². The van der Waals surface area contributed by atoms with Gasteiger partial charge in [-0.05, 0) is 54.1 Å². The third-order valence-electron chi connectivity index (χ3n) is 5.61. The minimum atomic E-state index is -4.62. The van der Waals surface area contributed by atoms with Crippen molar-refractivity contribution < 1.29 is 34.8 Å². The molecule has 0 saturated heterocycles. The van der Waals surface area contributed by atoms with Gasteiger partial charge in [0.2, 0.25) is 0 Å². The molecule has 3 aromatic rings. The lowest BCUT2D eigenvalue weighted by atomic mass is 10.0. The fourth-order valence-electron chi connectivity index (χ4n) is 3.73. The number of carbonyl (C=O) groups excluding carboxylic acids is 1. The molecule has 1 aliphatic heterocycles. The summed E-state index contributed by atoms with van der Waals surface area (Å²) in [4.78, 5) is 12.1. The summed E-state index contributed by atoms with van der Waals surface area (Å²) in [5, 5.41) is 4.95. The molecule has 8 nitrogen and oxygen atoms in total. The average molecular weight is 552 g/mol. The molecule has 1 atom stereocenters. The fourth-order valence-corrected chi connectivity index (χ4v) is 5.33. The van der Waals surface area contributed by atoms with E-state index in [2.05, 4.69) is 5.10 Å². The van der Waals surface area contributed by atoms with Gasteiger partial charge in [-0.25, -0.2) is 21.6 Å². The highest BCUT2D eigenvalue weighted by atomic mass is 32.2. The van der Waals surface area contributed by atoms with Gasteiger partial charge in [0.1, 0.15) is 5.71 Å². The molecule has 0 bridgehead atoms. The number of sulfonamides is 1. The van der Waals surface area contributed by atoms with Crippen LogP contribution >= 0.6 is 0 Å². The van der Waals surface area contributed by atoms with Crippen LogP contribution in [0.3, 0.4) is 0 Å². The molecule has 0 radical (unpaired) electrons. The number of nitrogens with one attached hydrogen (secondary N) is 1. The van der Waals surface area contributed by atoms with Crippen LogP contribution in [0, 0.1) is 0 Å². The van der Waals surface area contributed by atoms with Crippen LogP contribution in [0.2, 0.25) is 0 Å². The highest BCUT2D eigenvalue weighted by Gasteiger charge is 2.43. The van der Waals surface area contributed by atoms with Crippen LogP contribution in [0.25, 0.3) is 0 Å². The Bertz CT molecular complexity index is 1550. The lowest BCUT2D eigenvalue weighted by molar-refractivity contribution is -0.0600. The Labute approximate surface area is 211 Å². The monoisotopic (exact) mass is 551 g/mol. The van der Waals surface area contributed by atoms with E-state index in [1.165, 1.54) is 41.4 Å². The number of alkyl halides is 3. The van der Waals surface area contributed by atoms with E-state index in [1.807, 2.05) is 4.72 Å². The lowest BCUT2D eigenvalue weighted by Gasteiger charge is -2.24. The Morgan fingerprint density at radius 2 is 1.46 bits per heavy atom. The van der Waals surface area contributed by atoms with E-state index in [1.54, 1.807) is 30.3 Å². The second kappa shape index (κ2) is 9.63. The summed E-state index contributed by atoms with van der Waals surface area (Å²) in [6, 6.07) is 17.4. The van der Waals surface area contributed by atoms with Crippen molar-refractivity contribution in [1.82, 2.24) is 4.72 Å². The van der Waals surface area contributed by atoms with Gasteiger partial charge in [-0.2, -0.15) is 18.3 Å². The predicted molar refractivity (Wildman–Crippen MR) is 130 cm³/mol. The molecule has 0 spiro atoms. The molecule has 1 heterocycles. The molecule has 194 valence electrons. The number of amides is 1. The van der Waals surface area contributed by atoms with Crippen molar-refractivity contribution in [3.05, 3.63) is 90.0 Å². The molecule has 1 amide bonds. The van der Waals surface area contributed by atoms with Gasteiger partial charge in [0.25, 0.3) is 15.9 Å². The van der Waals surface area contributed by atoms with Gasteiger partial charge in [-0.3, -0.25) is 9.80 Å². The van der Waals surface area contributed by atoms with Crippen LogP contribution in [-0.2, 0) is 19.9 Å². The molecule has 37 heavy (non-hydrogen) atoms. The van der Waals surface area contributed by atoms with Crippen molar-refractivity contribution in [2.45, 2.75) is 28.4 Å². The summed E-state index contributed by atoms with van der Waals surface area (Å²) in [5.41, 5.74) is -0.192. The number of carbonyl (C=O) groups is 1. The van der Waals surface area contributed by atoms with Crippen LogP contribution in [0.15, 0.2) is 93.8 Å². The zero-order valence-corrected chi connectivity index (χ0v) is 20.8. The zero-order valence-electron chi connectivity index (χ0n) is 19.2. The third kappa shape index (κ3) is 5.83. The normalized spacial score (nSPS) is 16.4. The van der Waals surface area contributed by atoms with Gasteiger partial charge in [0.05, 0.1) is 21.5 Å². The van der Waals surface area contributed by atoms with E-state index in [0.717, 1.165) is 18.4 Å². The molecule has 4 rings (SSSR count). The molecular weight excluding hydrogens is 531 g/mol. The molecule has 3 aromatic carbocycles. The van der Waals surface area contributed by atoms with Crippen molar-refractivity contribution in [2.24, 2.45) is 5.10 Å². The maximum absolute atomic E-state index is 13.4. The molecule has 0 aliphatic carbocycles. The maximum atomic E-state index is 13.4. The Hall–Kier alpha value is -3.71. The van der Waals surface area contributed by atoms with Gasteiger partial charge < -0.3 is 0 Å². The van der Waals surface area contributed by atoms with Crippen LogP contribution in [0.1, 0.15) is 28.4 Å². The molecule has 13 heteroatoms. The number of nitrogens with zero attached hydrogens (tertiary/aromatic N) is 2. The van der Waals surface area contributed by atoms with E-state index in [4.69, 9.17) is 0 Å². The number of halogens is 3. The van der Waals surface area contributed by atoms with E-state index >= 15 is 0 Å². The molecule has 0 aromatic heterocycles. The second-order valence-corrected chi connectivity index (χ2v) is 11.9. The molecule has 1 N–H and O–H groups in total. The number of hydrogen-bond acceptors (Lipinski definition) is 7. The van der Waals surface area contributed by atoms with Gasteiger partial charge in [0, 0.05) is 18.2 Å². The number of sulfone groups is 1. The lowest BCUT2D eigenvalue weighted by Crippen LogP contribution is -2.30. The summed E-state index contributed by atoms with van der Waals surface area (Å²) < 4.78 is 90.6. The van der Waals surface area contributed by atoms with Crippen molar-refractivity contribution >= 4 is 37.2 Å². The molecule has 0 saturated carbocycles. The quantitative estimate of drug-likeness (QED) is 0.494. The second-order valence-electron chi connectivity index (χ2n) is 8.24. The van der Waals surface area contributed by atoms with Crippen LogP contribution in [0.5, 0.6) is 0 Å². The summed E-state index contributed by atoms with van der Waals surface area (Å²) in [6.07, 6.45) is -3.99. The Morgan fingerprint density at radius 1 is 0.892 bits per heavy atom. The average Bonchev–Trinajstić information content (AvgIpc) is 3.30. The van der Waals surface area contributed by atoms with E-state index in [-0.39, 0.29) is 27.5 Å². The highest BCUT2D eigenvalue weighted by molar-refractivity contribution is 7.90. The predicted octanol–water partition coefficient (Wildman–Crippen LogP) is 4.08. The van der Waals surface area contributed by atoms with Crippen LogP contribution in [-0.4, -0.2) is 40.9 Å². The van der Waals surface area contributed by atoms with Crippen molar-refractivity contribution in [2.75, 3.05) is 11.3 Å². The summed E-state index contributed by atoms with van der Waals surface area (Å²) in [6.45, 7) is 0. The zero-order chi connectivity index (χ0) is 27.0. The Morgan fingerprint density at radius 3 is 2.00 bits per heavy atom. The van der Waals surface area contributed by atoms with Crippen LogP contribution < -0.4 is 9.73 Å². The summed E-state index contributed by atoms with van der Waals surface area (Å²) >= 11 is 0. The van der Waals surface area contributed by atoms with Gasteiger partial charge in [0.15, 0.2) is 9.84 Å². The molecular formula is C24H20F3N3O5S2. The van der Waals surface area contributed by atoms with Crippen molar-refractivity contribution in [3.8, 4) is 0 Å². The van der Waals surface area contributed by atoms with Gasteiger partial charge in [-0.1, -0.05) is 30.3 Å². The largest absolute Gasteiger partial charge is 0.431 e. The Balaban J connectivity index is 1.56. The number of hydrazone groups is 1. The van der Waals surface area contributed by atoms with Crippen LogP contribution in [0.4, 0.5) is 18.9 Å². The summed E-state index contributed by atoms with van der Waals surface area (Å²) in [5.74, 6) is -0.979. The number of benzene rings is 3. The van der Waals surface area contributed by atoms with Gasteiger partial charge in [-0.15, -0.1) is 0 Å². The molecule has 1 unspecified atom stereocenters. The first kappa shape index (κ1) is 26.4. The van der Waals surface area contributed by atoms with E-state index < -0.39 is 43.7 Å². The number of hydrogen-bond donors (Lipinski definition) is 1. The first-order chi connectivity index (χ1) is 17.3. The standard InChI is InChI=1S/C24H20F3N3O5S2/c1-36(32,33)19-11-7-17(8-12-19)23(31)29-37(34,35)20-13-9-18(10-14-20)30-21(16-5-3-2-4-6-16)15-22(28-30)24(25,26)27/h2-14,21H,15H2,1H3,(H,29,31). The SMILES string of the molecule is CS(=O)(=O)c1ccc(C(=O)NS(=O)(=O)c2ccc(N3N=C(C(F)(F)F)CC3c3ccccc3)cc2)cc1. The first-order valence-electron chi connectivity index (χ1n) is 10.7. The number of rotatable bonds is 6. The highest BCUT2D eigenvalue weighted by Crippen LogP contribution is 2.39. The fraction of sp³-hybridized carbons (Fsp3) is 0.167. The Kier molecular flexibility index (Phi) is 6.86. The van der Waals surface area contributed by atoms with Crippen molar-refractivity contribution in [3.63, 3.8) is 0 Å². The smallest absolute Gasteiger partial charge is 0.268 e. The number of anilines is 1. The van der Waals surface area contributed by atoms with E-state index in [0.29, 0.717) is 5.56 Å². The maximum Gasteiger partial charge on any atom is 0.431 e. The topological polar surface area (TPSA) is 113 Å². The molecule has 0 fully saturated rings.